The smallest absolute Gasteiger partial charge is 0.258 e. The molecule has 0 bridgehead atoms. The van der Waals surface area contributed by atoms with Crippen LogP contribution in [0.4, 0.5) is 11.7 Å². The molecule has 18 heavy (non-hydrogen) atoms. The Kier molecular flexibility index (Phi) is 3.20. The molecule has 1 amide bonds. The van der Waals surface area contributed by atoms with Crippen LogP contribution >= 0.6 is 11.6 Å². The van der Waals surface area contributed by atoms with E-state index >= 15 is 0 Å². The first-order valence-corrected chi connectivity index (χ1v) is 5.52. The minimum atomic E-state index is -0.384. The monoisotopic (exact) mass is 266 g/mol. The number of hydrogen-bond acceptors (Lipinski definition) is 5. The lowest BCUT2D eigenvalue weighted by molar-refractivity contribution is 0.102. The average Bonchev–Trinajstić information content (AvgIpc) is 2.59. The van der Waals surface area contributed by atoms with Crippen LogP contribution in [-0.4, -0.2) is 16.0 Å². The molecule has 7 heteroatoms. The van der Waals surface area contributed by atoms with Gasteiger partial charge in [-0.2, -0.15) is 0 Å². The molecule has 0 saturated heterocycles. The summed E-state index contributed by atoms with van der Waals surface area (Å²) in [5, 5.41) is 6.49. The molecule has 2 aromatic rings. The molecule has 0 aromatic carbocycles. The SMILES string of the molecule is Cc1noc(NC(=O)c2cc(N)nc(Cl)c2)c1C. The van der Waals surface area contributed by atoms with Crippen LogP contribution in [-0.2, 0) is 0 Å². The van der Waals surface area contributed by atoms with E-state index in [9.17, 15) is 4.79 Å². The first kappa shape index (κ1) is 12.4. The number of amides is 1. The molecule has 0 aliphatic rings. The number of nitrogens with two attached hydrogens (primary N) is 1. The van der Waals surface area contributed by atoms with Crippen LogP contribution < -0.4 is 11.1 Å². The number of nitrogens with one attached hydrogen (secondary N) is 1. The molecule has 0 atom stereocenters. The molecular weight excluding hydrogens is 256 g/mol. The van der Waals surface area contributed by atoms with Gasteiger partial charge in [0, 0.05) is 11.1 Å². The van der Waals surface area contributed by atoms with Gasteiger partial charge in [-0.1, -0.05) is 16.8 Å². The van der Waals surface area contributed by atoms with Gasteiger partial charge < -0.3 is 10.3 Å². The molecule has 0 saturated carbocycles. The summed E-state index contributed by atoms with van der Waals surface area (Å²) in [6.07, 6.45) is 0. The number of aromatic nitrogens is 2. The zero-order valence-electron chi connectivity index (χ0n) is 9.82. The van der Waals surface area contributed by atoms with E-state index in [0.717, 1.165) is 11.3 Å². The van der Waals surface area contributed by atoms with Crippen LogP contribution in [0.5, 0.6) is 0 Å². The number of nitrogen functional groups attached to an aromatic ring is 1. The van der Waals surface area contributed by atoms with E-state index in [1.807, 2.05) is 0 Å². The molecule has 3 N–H and O–H groups in total. The second kappa shape index (κ2) is 4.66. The lowest BCUT2D eigenvalue weighted by Gasteiger charge is -2.03. The molecule has 2 aromatic heterocycles. The van der Waals surface area contributed by atoms with Crippen molar-refractivity contribution in [1.29, 1.82) is 0 Å². The maximum Gasteiger partial charge on any atom is 0.258 e. The molecule has 0 spiro atoms. The Morgan fingerprint density at radius 1 is 1.44 bits per heavy atom. The van der Waals surface area contributed by atoms with Crippen molar-refractivity contribution in [3.05, 3.63) is 34.1 Å². The summed E-state index contributed by atoms with van der Waals surface area (Å²) in [5.41, 5.74) is 7.31. The van der Waals surface area contributed by atoms with E-state index in [1.165, 1.54) is 12.1 Å². The summed E-state index contributed by atoms with van der Waals surface area (Å²) in [6, 6.07) is 2.85. The Morgan fingerprint density at radius 2 is 2.17 bits per heavy atom. The van der Waals surface area contributed by atoms with Crippen molar-refractivity contribution >= 4 is 29.2 Å². The Bertz CT molecular complexity index is 589. The van der Waals surface area contributed by atoms with E-state index < -0.39 is 0 Å². The van der Waals surface area contributed by atoms with Crippen LogP contribution in [0.2, 0.25) is 5.15 Å². The van der Waals surface area contributed by atoms with E-state index in [2.05, 4.69) is 15.5 Å². The Morgan fingerprint density at radius 3 is 2.72 bits per heavy atom. The van der Waals surface area contributed by atoms with Gasteiger partial charge in [-0.25, -0.2) is 4.98 Å². The quantitative estimate of drug-likeness (QED) is 0.813. The molecule has 0 unspecified atom stereocenters. The van der Waals surface area contributed by atoms with Crippen molar-refractivity contribution in [3.8, 4) is 0 Å². The molecule has 0 radical (unpaired) electrons. The van der Waals surface area contributed by atoms with E-state index in [-0.39, 0.29) is 16.9 Å². The predicted molar refractivity (Wildman–Crippen MR) is 67.6 cm³/mol. The number of pyridine rings is 1. The highest BCUT2D eigenvalue weighted by molar-refractivity contribution is 6.30. The summed E-state index contributed by atoms with van der Waals surface area (Å²) in [7, 11) is 0. The van der Waals surface area contributed by atoms with Gasteiger partial charge in [-0.3, -0.25) is 10.1 Å². The third-order valence-electron chi connectivity index (χ3n) is 2.46. The third-order valence-corrected chi connectivity index (χ3v) is 2.65. The Balaban J connectivity index is 2.24. The number of nitrogens with zero attached hydrogens (tertiary/aromatic N) is 2. The maximum atomic E-state index is 11.9. The van der Waals surface area contributed by atoms with Gasteiger partial charge in [-0.05, 0) is 26.0 Å². The van der Waals surface area contributed by atoms with Crippen LogP contribution in [0.25, 0.3) is 0 Å². The molecule has 94 valence electrons. The molecular formula is C11H11ClN4O2. The minimum absolute atomic E-state index is 0.158. The van der Waals surface area contributed by atoms with Gasteiger partial charge in [-0.15, -0.1) is 0 Å². The van der Waals surface area contributed by atoms with Gasteiger partial charge >= 0.3 is 0 Å². The number of rotatable bonds is 2. The van der Waals surface area contributed by atoms with Crippen molar-refractivity contribution < 1.29 is 9.32 Å². The van der Waals surface area contributed by atoms with E-state index in [0.29, 0.717) is 11.4 Å². The highest BCUT2D eigenvalue weighted by Crippen LogP contribution is 2.19. The van der Waals surface area contributed by atoms with Crippen molar-refractivity contribution in [1.82, 2.24) is 10.1 Å². The van der Waals surface area contributed by atoms with Gasteiger partial charge in [0.05, 0.1) is 5.69 Å². The second-order valence-corrected chi connectivity index (χ2v) is 4.17. The third kappa shape index (κ3) is 2.43. The predicted octanol–water partition coefficient (Wildman–Crippen LogP) is 2.17. The zero-order chi connectivity index (χ0) is 13.3. The Labute approximate surface area is 108 Å². The maximum absolute atomic E-state index is 11.9. The fourth-order valence-corrected chi connectivity index (χ4v) is 1.57. The summed E-state index contributed by atoms with van der Waals surface area (Å²) >= 11 is 5.73. The number of hydrogen-bond donors (Lipinski definition) is 2. The summed E-state index contributed by atoms with van der Waals surface area (Å²) in [6.45, 7) is 3.59. The fourth-order valence-electron chi connectivity index (χ4n) is 1.36. The zero-order valence-corrected chi connectivity index (χ0v) is 10.6. The van der Waals surface area contributed by atoms with Gasteiger partial charge in [0.1, 0.15) is 11.0 Å². The molecule has 0 fully saturated rings. The van der Waals surface area contributed by atoms with Crippen molar-refractivity contribution in [2.75, 3.05) is 11.1 Å². The van der Waals surface area contributed by atoms with Gasteiger partial charge in [0.2, 0.25) is 5.88 Å². The van der Waals surface area contributed by atoms with Crippen LogP contribution in [0.15, 0.2) is 16.7 Å². The first-order chi connectivity index (χ1) is 8.47. The van der Waals surface area contributed by atoms with Gasteiger partial charge in [0.15, 0.2) is 0 Å². The topological polar surface area (TPSA) is 94.0 Å². The minimum Gasteiger partial charge on any atom is -0.384 e. The average molecular weight is 267 g/mol. The molecule has 6 nitrogen and oxygen atoms in total. The molecule has 2 heterocycles. The van der Waals surface area contributed by atoms with Crippen LogP contribution in [0.1, 0.15) is 21.6 Å². The van der Waals surface area contributed by atoms with Crippen molar-refractivity contribution in [2.45, 2.75) is 13.8 Å². The highest BCUT2D eigenvalue weighted by Gasteiger charge is 2.14. The molecule has 2 rings (SSSR count). The molecule has 0 aliphatic carbocycles. The standard InChI is InChI=1S/C11H11ClN4O2/c1-5-6(2)16-18-11(5)15-10(17)7-3-8(12)14-9(13)4-7/h3-4H,1-2H3,(H2,13,14)(H,15,17). The normalized spacial score (nSPS) is 10.4. The number of anilines is 2. The van der Waals surface area contributed by atoms with Gasteiger partial charge in [0.25, 0.3) is 5.91 Å². The van der Waals surface area contributed by atoms with Crippen molar-refractivity contribution in [3.63, 3.8) is 0 Å². The number of halogens is 1. The second-order valence-electron chi connectivity index (χ2n) is 3.78. The molecule has 0 aliphatic heterocycles. The summed E-state index contributed by atoms with van der Waals surface area (Å²) in [4.78, 5) is 15.7. The highest BCUT2D eigenvalue weighted by atomic mass is 35.5. The summed E-state index contributed by atoms with van der Waals surface area (Å²) < 4.78 is 4.99. The fraction of sp³-hybridized carbons (Fsp3) is 0.182. The largest absolute Gasteiger partial charge is 0.384 e. The Hall–Kier alpha value is -2.08. The van der Waals surface area contributed by atoms with E-state index in [1.54, 1.807) is 13.8 Å². The summed E-state index contributed by atoms with van der Waals surface area (Å²) in [5.74, 6) is 0.104. The number of carbonyl (C=O) groups excluding carboxylic acids is 1. The van der Waals surface area contributed by atoms with E-state index in [4.69, 9.17) is 21.9 Å². The van der Waals surface area contributed by atoms with Crippen LogP contribution in [0.3, 0.4) is 0 Å². The number of carbonyl (C=O) groups is 1. The van der Waals surface area contributed by atoms with Crippen LogP contribution in [0, 0.1) is 13.8 Å². The number of aryl methyl sites for hydroxylation is 1. The lowest BCUT2D eigenvalue weighted by atomic mass is 10.2. The lowest BCUT2D eigenvalue weighted by Crippen LogP contribution is -2.13. The van der Waals surface area contributed by atoms with Crippen molar-refractivity contribution in [2.24, 2.45) is 0 Å². The first-order valence-electron chi connectivity index (χ1n) is 5.14.